The number of benzene rings is 3. The maximum Gasteiger partial charge on any atom is 0.217 e. The van der Waals surface area contributed by atoms with E-state index in [0.717, 1.165) is 46.4 Å². The predicted molar refractivity (Wildman–Crippen MR) is 117 cm³/mol. The summed E-state index contributed by atoms with van der Waals surface area (Å²) in [4.78, 5) is 19.8. The Balaban J connectivity index is 1.65. The SMILES string of the molecule is NC(=O)CCCc1cccc(-c2ccc3ncnc(Nc4ccccc4)c3c2)c1. The van der Waals surface area contributed by atoms with Crippen LogP contribution in [0.25, 0.3) is 22.0 Å². The van der Waals surface area contributed by atoms with Crippen molar-refractivity contribution in [1.82, 2.24) is 9.97 Å². The van der Waals surface area contributed by atoms with Crippen LogP contribution < -0.4 is 11.1 Å². The Morgan fingerprint density at radius 3 is 2.55 bits per heavy atom. The summed E-state index contributed by atoms with van der Waals surface area (Å²) in [5, 5.41) is 4.35. The quantitative estimate of drug-likeness (QED) is 0.479. The van der Waals surface area contributed by atoms with Crippen LogP contribution in [0.15, 0.2) is 79.1 Å². The van der Waals surface area contributed by atoms with Gasteiger partial charge in [-0.15, -0.1) is 0 Å². The lowest BCUT2D eigenvalue weighted by molar-refractivity contribution is -0.118. The highest BCUT2D eigenvalue weighted by Crippen LogP contribution is 2.29. The van der Waals surface area contributed by atoms with Gasteiger partial charge >= 0.3 is 0 Å². The first kappa shape index (κ1) is 18.6. The van der Waals surface area contributed by atoms with Gasteiger partial charge in [-0.05, 0) is 53.8 Å². The number of para-hydroxylation sites is 1. The number of hydrogen-bond acceptors (Lipinski definition) is 4. The summed E-state index contributed by atoms with van der Waals surface area (Å²) < 4.78 is 0. The minimum Gasteiger partial charge on any atom is -0.370 e. The highest BCUT2D eigenvalue weighted by Gasteiger charge is 2.07. The minimum absolute atomic E-state index is 0.255. The standard InChI is InChI=1S/C24H22N4O/c25-23(29)11-5-7-17-6-4-8-18(14-17)19-12-13-22-21(15-19)24(27-16-26-22)28-20-9-2-1-3-10-20/h1-4,6,8-10,12-16H,5,7,11H2,(H2,25,29)(H,26,27,28). The number of anilines is 2. The molecule has 3 aromatic carbocycles. The summed E-state index contributed by atoms with van der Waals surface area (Å²) in [7, 11) is 0. The van der Waals surface area contributed by atoms with E-state index in [1.807, 2.05) is 42.5 Å². The summed E-state index contributed by atoms with van der Waals surface area (Å²) >= 11 is 0. The van der Waals surface area contributed by atoms with E-state index in [2.05, 4.69) is 45.6 Å². The number of carbonyl (C=O) groups is 1. The van der Waals surface area contributed by atoms with Crippen LogP contribution in [0.2, 0.25) is 0 Å². The molecule has 5 heteroatoms. The zero-order valence-corrected chi connectivity index (χ0v) is 16.0. The van der Waals surface area contributed by atoms with E-state index in [4.69, 9.17) is 5.73 Å². The number of aryl methyl sites for hydroxylation is 1. The Morgan fingerprint density at radius 2 is 1.72 bits per heavy atom. The van der Waals surface area contributed by atoms with Gasteiger partial charge in [0.15, 0.2) is 0 Å². The van der Waals surface area contributed by atoms with Crippen molar-refractivity contribution < 1.29 is 4.79 Å². The smallest absolute Gasteiger partial charge is 0.217 e. The number of hydrogen-bond donors (Lipinski definition) is 2. The molecule has 1 amide bonds. The molecule has 1 heterocycles. The number of nitrogens with zero attached hydrogens (tertiary/aromatic N) is 2. The molecule has 0 aliphatic carbocycles. The van der Waals surface area contributed by atoms with Gasteiger partial charge in [-0.3, -0.25) is 4.79 Å². The topological polar surface area (TPSA) is 80.9 Å². The van der Waals surface area contributed by atoms with Crippen LogP contribution in [-0.2, 0) is 11.2 Å². The largest absolute Gasteiger partial charge is 0.370 e. The zero-order chi connectivity index (χ0) is 20.1. The Bertz CT molecular complexity index is 1140. The van der Waals surface area contributed by atoms with Gasteiger partial charge in [-0.2, -0.15) is 0 Å². The summed E-state index contributed by atoms with van der Waals surface area (Å²) in [6, 6.07) is 24.6. The fourth-order valence-electron chi connectivity index (χ4n) is 3.37. The molecule has 0 atom stereocenters. The van der Waals surface area contributed by atoms with Gasteiger partial charge in [-0.25, -0.2) is 9.97 Å². The summed E-state index contributed by atoms with van der Waals surface area (Å²) in [6.07, 6.45) is 3.57. The minimum atomic E-state index is -0.255. The molecule has 0 radical (unpaired) electrons. The van der Waals surface area contributed by atoms with E-state index >= 15 is 0 Å². The van der Waals surface area contributed by atoms with Crippen molar-refractivity contribution >= 4 is 28.3 Å². The molecule has 1 aromatic heterocycles. The molecule has 0 aliphatic heterocycles. The average molecular weight is 382 g/mol. The van der Waals surface area contributed by atoms with E-state index in [-0.39, 0.29) is 5.91 Å². The zero-order valence-electron chi connectivity index (χ0n) is 16.0. The molecule has 0 saturated carbocycles. The molecule has 3 N–H and O–H groups in total. The van der Waals surface area contributed by atoms with Crippen molar-refractivity contribution in [1.29, 1.82) is 0 Å². The van der Waals surface area contributed by atoms with Gasteiger partial charge in [0.1, 0.15) is 12.1 Å². The van der Waals surface area contributed by atoms with E-state index in [1.54, 1.807) is 6.33 Å². The number of rotatable bonds is 7. The fourth-order valence-corrected chi connectivity index (χ4v) is 3.37. The van der Waals surface area contributed by atoms with E-state index in [9.17, 15) is 4.79 Å². The monoisotopic (exact) mass is 382 g/mol. The van der Waals surface area contributed by atoms with Crippen LogP contribution in [0.5, 0.6) is 0 Å². The van der Waals surface area contributed by atoms with Gasteiger partial charge in [0, 0.05) is 17.5 Å². The third-order valence-electron chi connectivity index (χ3n) is 4.82. The van der Waals surface area contributed by atoms with E-state index < -0.39 is 0 Å². The molecule has 0 saturated heterocycles. The van der Waals surface area contributed by atoms with Crippen LogP contribution in [-0.4, -0.2) is 15.9 Å². The lowest BCUT2D eigenvalue weighted by Gasteiger charge is -2.10. The number of fused-ring (bicyclic) bond motifs is 1. The second kappa shape index (κ2) is 8.52. The first-order chi connectivity index (χ1) is 14.2. The van der Waals surface area contributed by atoms with Crippen LogP contribution in [0.1, 0.15) is 18.4 Å². The third-order valence-corrected chi connectivity index (χ3v) is 4.82. The van der Waals surface area contributed by atoms with Crippen molar-refractivity contribution in [3.8, 4) is 11.1 Å². The average Bonchev–Trinajstić information content (AvgIpc) is 2.74. The number of carbonyl (C=O) groups excluding carboxylic acids is 1. The second-order valence-electron chi connectivity index (χ2n) is 6.97. The fraction of sp³-hybridized carbons (Fsp3) is 0.125. The molecule has 4 rings (SSSR count). The summed E-state index contributed by atoms with van der Waals surface area (Å²) in [6.45, 7) is 0. The van der Waals surface area contributed by atoms with Crippen LogP contribution in [0.3, 0.4) is 0 Å². The molecule has 0 spiro atoms. The molecule has 0 fully saturated rings. The van der Waals surface area contributed by atoms with Crippen molar-refractivity contribution in [2.45, 2.75) is 19.3 Å². The van der Waals surface area contributed by atoms with Crippen LogP contribution in [0, 0.1) is 0 Å². The number of nitrogens with one attached hydrogen (secondary N) is 1. The van der Waals surface area contributed by atoms with E-state index in [1.165, 1.54) is 5.56 Å². The highest BCUT2D eigenvalue weighted by molar-refractivity contribution is 5.93. The summed E-state index contributed by atoms with van der Waals surface area (Å²) in [5.74, 6) is 0.523. The van der Waals surface area contributed by atoms with E-state index in [0.29, 0.717) is 6.42 Å². The Hall–Kier alpha value is -3.73. The normalized spacial score (nSPS) is 10.8. The lowest BCUT2D eigenvalue weighted by Crippen LogP contribution is -2.10. The predicted octanol–water partition coefficient (Wildman–Crippen LogP) is 4.85. The molecule has 5 nitrogen and oxygen atoms in total. The second-order valence-corrected chi connectivity index (χ2v) is 6.97. The van der Waals surface area contributed by atoms with Crippen molar-refractivity contribution in [3.05, 3.63) is 84.7 Å². The van der Waals surface area contributed by atoms with Crippen LogP contribution >= 0.6 is 0 Å². The maximum absolute atomic E-state index is 11.0. The van der Waals surface area contributed by atoms with Gasteiger partial charge in [0.2, 0.25) is 5.91 Å². The maximum atomic E-state index is 11.0. The molecule has 29 heavy (non-hydrogen) atoms. The number of nitrogens with two attached hydrogens (primary N) is 1. The van der Waals surface area contributed by atoms with Crippen molar-refractivity contribution in [2.24, 2.45) is 5.73 Å². The molecule has 0 bridgehead atoms. The number of primary amides is 1. The van der Waals surface area contributed by atoms with Gasteiger partial charge < -0.3 is 11.1 Å². The Kier molecular flexibility index (Phi) is 5.47. The summed E-state index contributed by atoms with van der Waals surface area (Å²) in [5.41, 5.74) is 10.5. The molecular weight excluding hydrogens is 360 g/mol. The Labute approximate surface area is 169 Å². The molecular formula is C24H22N4O. The molecule has 4 aromatic rings. The number of aromatic nitrogens is 2. The highest BCUT2D eigenvalue weighted by atomic mass is 16.1. The lowest BCUT2D eigenvalue weighted by atomic mass is 9.99. The van der Waals surface area contributed by atoms with Gasteiger partial charge in [0.25, 0.3) is 0 Å². The van der Waals surface area contributed by atoms with Crippen molar-refractivity contribution in [2.75, 3.05) is 5.32 Å². The van der Waals surface area contributed by atoms with Gasteiger partial charge in [0.05, 0.1) is 5.52 Å². The molecule has 144 valence electrons. The third kappa shape index (κ3) is 4.58. The Morgan fingerprint density at radius 1 is 0.897 bits per heavy atom. The first-order valence-corrected chi connectivity index (χ1v) is 9.63. The van der Waals surface area contributed by atoms with Crippen LogP contribution in [0.4, 0.5) is 11.5 Å². The van der Waals surface area contributed by atoms with Crippen molar-refractivity contribution in [3.63, 3.8) is 0 Å². The molecule has 0 unspecified atom stereocenters. The molecule has 0 aliphatic rings. The van der Waals surface area contributed by atoms with Gasteiger partial charge in [-0.1, -0.05) is 48.5 Å². The number of amides is 1. The first-order valence-electron chi connectivity index (χ1n) is 9.63.